The van der Waals surface area contributed by atoms with Gasteiger partial charge in [-0.05, 0) is 61.6 Å². The Balaban J connectivity index is 2.13. The minimum atomic E-state index is -0.175. The minimum absolute atomic E-state index is 0.0691. The summed E-state index contributed by atoms with van der Waals surface area (Å²) in [4.78, 5) is 12.5. The molecule has 1 aromatic carbocycles. The van der Waals surface area contributed by atoms with Gasteiger partial charge in [0.2, 0.25) is 5.91 Å². The lowest BCUT2D eigenvalue weighted by Gasteiger charge is -2.39. The van der Waals surface area contributed by atoms with Crippen LogP contribution < -0.4 is 10.7 Å². The van der Waals surface area contributed by atoms with Crippen molar-refractivity contribution in [2.75, 3.05) is 0 Å². The first-order valence-electron chi connectivity index (χ1n) is 11.5. The molecule has 0 saturated carbocycles. The molecule has 1 aliphatic rings. The SMILES string of the molecule is CC1(C)CC(=NNC(=O)CCc2cc(C(C)(C)C)c(O)c(C(C)(C)C)c2)CC(C)(C)[NH2+]1. The van der Waals surface area contributed by atoms with E-state index in [-0.39, 0.29) is 27.8 Å². The number of aromatic hydroxyl groups is 1. The van der Waals surface area contributed by atoms with Gasteiger partial charge in [0, 0.05) is 19.3 Å². The Labute approximate surface area is 189 Å². The van der Waals surface area contributed by atoms with Crippen molar-refractivity contribution in [3.05, 3.63) is 28.8 Å². The molecule has 0 spiro atoms. The van der Waals surface area contributed by atoms with Crippen LogP contribution in [0.3, 0.4) is 0 Å². The number of piperidine rings is 1. The number of aryl methyl sites for hydroxylation is 1. The normalized spacial score (nSPS) is 18.6. The van der Waals surface area contributed by atoms with Crippen LogP contribution in [0.4, 0.5) is 0 Å². The Morgan fingerprint density at radius 1 is 1.00 bits per heavy atom. The van der Waals surface area contributed by atoms with Crippen molar-refractivity contribution < 1.29 is 15.2 Å². The van der Waals surface area contributed by atoms with Crippen LogP contribution in [0.2, 0.25) is 0 Å². The van der Waals surface area contributed by atoms with Crippen molar-refractivity contribution >= 4 is 11.6 Å². The number of benzene rings is 1. The molecule has 1 aliphatic heterocycles. The number of amides is 1. The number of carbonyl (C=O) groups excluding carboxylic acids is 1. The number of carbonyl (C=O) groups is 1. The molecule has 1 saturated heterocycles. The van der Waals surface area contributed by atoms with Gasteiger partial charge in [-0.15, -0.1) is 0 Å². The van der Waals surface area contributed by atoms with E-state index in [1.807, 2.05) is 12.1 Å². The highest BCUT2D eigenvalue weighted by atomic mass is 16.3. The summed E-state index contributed by atoms with van der Waals surface area (Å²) in [6, 6.07) is 4.09. The second-order valence-corrected chi connectivity index (χ2v) is 12.7. The van der Waals surface area contributed by atoms with Crippen LogP contribution in [0.15, 0.2) is 17.2 Å². The van der Waals surface area contributed by atoms with Gasteiger partial charge >= 0.3 is 0 Å². The number of nitrogens with two attached hydrogens (primary N) is 1. The Morgan fingerprint density at radius 3 is 1.87 bits per heavy atom. The molecule has 1 amide bonds. The van der Waals surface area contributed by atoms with Crippen molar-refractivity contribution in [1.82, 2.24) is 5.43 Å². The summed E-state index contributed by atoms with van der Waals surface area (Å²) in [5.41, 5.74) is 6.60. The Hall–Kier alpha value is -1.88. The fourth-order valence-corrected chi connectivity index (χ4v) is 4.79. The maximum Gasteiger partial charge on any atom is 0.240 e. The summed E-state index contributed by atoms with van der Waals surface area (Å²) < 4.78 is 0. The number of rotatable bonds is 4. The molecular weight excluding hydrogens is 386 g/mol. The van der Waals surface area contributed by atoms with E-state index in [1.165, 1.54) is 0 Å². The number of nitrogens with zero attached hydrogens (tertiary/aromatic N) is 1. The van der Waals surface area contributed by atoms with Crippen LogP contribution in [0.5, 0.6) is 5.75 Å². The summed E-state index contributed by atoms with van der Waals surface area (Å²) >= 11 is 0. The van der Waals surface area contributed by atoms with Gasteiger partial charge in [0.05, 0.1) is 16.8 Å². The predicted molar refractivity (Wildman–Crippen MR) is 129 cm³/mol. The number of quaternary nitrogens is 1. The molecule has 0 aromatic heterocycles. The summed E-state index contributed by atoms with van der Waals surface area (Å²) in [5, 5.41) is 17.7. The smallest absolute Gasteiger partial charge is 0.240 e. The highest BCUT2D eigenvalue weighted by Crippen LogP contribution is 2.40. The molecule has 2 rings (SSSR count). The first kappa shape index (κ1) is 25.4. The van der Waals surface area contributed by atoms with Crippen LogP contribution in [-0.2, 0) is 22.0 Å². The molecular formula is C26H44N3O2+. The van der Waals surface area contributed by atoms with Gasteiger partial charge in [0.25, 0.3) is 0 Å². The van der Waals surface area contributed by atoms with Crippen molar-refractivity contribution in [2.24, 2.45) is 5.10 Å². The molecule has 5 nitrogen and oxygen atoms in total. The summed E-state index contributed by atoms with van der Waals surface area (Å²) in [6.07, 6.45) is 2.73. The quantitative estimate of drug-likeness (QED) is 0.623. The van der Waals surface area contributed by atoms with E-state index in [9.17, 15) is 9.90 Å². The van der Waals surface area contributed by atoms with E-state index in [4.69, 9.17) is 0 Å². The highest BCUT2D eigenvalue weighted by Gasteiger charge is 2.39. The summed E-state index contributed by atoms with van der Waals surface area (Å²) in [5.74, 6) is 0.305. The number of nitrogens with one attached hydrogen (secondary N) is 1. The molecule has 174 valence electrons. The Bertz CT molecular complexity index is 799. The van der Waals surface area contributed by atoms with Gasteiger partial charge in [0.1, 0.15) is 5.75 Å². The van der Waals surface area contributed by atoms with Gasteiger partial charge < -0.3 is 10.4 Å². The van der Waals surface area contributed by atoms with Crippen molar-refractivity contribution in [2.45, 2.75) is 117 Å². The van der Waals surface area contributed by atoms with E-state index in [0.29, 0.717) is 18.6 Å². The van der Waals surface area contributed by atoms with Gasteiger partial charge in [-0.25, -0.2) is 5.43 Å². The van der Waals surface area contributed by atoms with Crippen LogP contribution in [0.25, 0.3) is 0 Å². The van der Waals surface area contributed by atoms with E-state index < -0.39 is 0 Å². The Kier molecular flexibility index (Phi) is 7.02. The third-order valence-corrected chi connectivity index (χ3v) is 5.87. The topological polar surface area (TPSA) is 78.3 Å². The molecule has 0 bridgehead atoms. The first-order chi connectivity index (χ1) is 13.9. The molecule has 1 heterocycles. The molecule has 4 N–H and O–H groups in total. The number of hydrogen-bond acceptors (Lipinski definition) is 3. The van der Waals surface area contributed by atoms with Gasteiger partial charge in [-0.2, -0.15) is 5.10 Å². The third-order valence-electron chi connectivity index (χ3n) is 5.87. The van der Waals surface area contributed by atoms with Crippen molar-refractivity contribution in [3.8, 4) is 5.75 Å². The minimum Gasteiger partial charge on any atom is -0.507 e. The van der Waals surface area contributed by atoms with E-state index in [1.54, 1.807) is 0 Å². The molecule has 0 unspecified atom stereocenters. The maximum atomic E-state index is 12.5. The number of hydrogen-bond donors (Lipinski definition) is 3. The predicted octanol–water partition coefficient (Wildman–Crippen LogP) is 4.31. The van der Waals surface area contributed by atoms with Crippen molar-refractivity contribution in [3.63, 3.8) is 0 Å². The highest BCUT2D eigenvalue weighted by molar-refractivity contribution is 5.88. The van der Waals surface area contributed by atoms with Crippen LogP contribution in [-0.4, -0.2) is 27.8 Å². The van der Waals surface area contributed by atoms with Crippen LogP contribution >= 0.6 is 0 Å². The number of phenols is 1. The zero-order valence-electron chi connectivity index (χ0n) is 21.4. The van der Waals surface area contributed by atoms with Gasteiger partial charge in [0.15, 0.2) is 0 Å². The van der Waals surface area contributed by atoms with Gasteiger partial charge in [-0.1, -0.05) is 53.7 Å². The zero-order valence-corrected chi connectivity index (χ0v) is 21.4. The lowest BCUT2D eigenvalue weighted by Crippen LogP contribution is -3.05. The van der Waals surface area contributed by atoms with E-state index in [2.05, 4.69) is 85.1 Å². The zero-order chi connectivity index (χ0) is 23.8. The molecule has 0 aliphatic carbocycles. The first-order valence-corrected chi connectivity index (χ1v) is 11.5. The standard InChI is InChI=1S/C26H43N3O2/c1-23(2,3)19-13-17(14-20(22(19)31)24(4,5)6)11-12-21(30)28-27-18-15-25(7,8)29-26(9,10)16-18/h13-14,29,31H,11-12,15-16H2,1-10H3,(H,28,30)/p+1. The molecule has 1 fully saturated rings. The Morgan fingerprint density at radius 2 is 1.45 bits per heavy atom. The lowest BCUT2D eigenvalue weighted by atomic mass is 9.78. The van der Waals surface area contributed by atoms with Gasteiger partial charge in [-0.3, -0.25) is 4.79 Å². The second-order valence-electron chi connectivity index (χ2n) is 12.7. The number of phenolic OH excluding ortho intramolecular Hbond substituents is 1. The van der Waals surface area contributed by atoms with E-state index in [0.717, 1.165) is 35.2 Å². The molecule has 0 radical (unpaired) electrons. The molecule has 0 atom stereocenters. The molecule has 1 aromatic rings. The third kappa shape index (κ3) is 7.06. The van der Waals surface area contributed by atoms with Crippen LogP contribution in [0, 0.1) is 0 Å². The van der Waals surface area contributed by atoms with Crippen molar-refractivity contribution in [1.29, 1.82) is 0 Å². The van der Waals surface area contributed by atoms with Crippen LogP contribution in [0.1, 0.15) is 105 Å². The molecule has 31 heavy (non-hydrogen) atoms. The summed E-state index contributed by atoms with van der Waals surface area (Å²) in [6.45, 7) is 21.5. The number of hydrazone groups is 1. The van der Waals surface area contributed by atoms with E-state index >= 15 is 0 Å². The largest absolute Gasteiger partial charge is 0.507 e. The fourth-order valence-electron chi connectivity index (χ4n) is 4.79. The summed E-state index contributed by atoms with van der Waals surface area (Å²) in [7, 11) is 0. The fraction of sp³-hybridized carbons (Fsp3) is 0.692. The lowest BCUT2D eigenvalue weighted by molar-refractivity contribution is -0.780. The monoisotopic (exact) mass is 430 g/mol. The second kappa shape index (κ2) is 8.57. The molecule has 5 heteroatoms. The average molecular weight is 431 g/mol. The average Bonchev–Trinajstić information content (AvgIpc) is 2.54. The maximum absolute atomic E-state index is 12.5.